The second-order valence-corrected chi connectivity index (χ2v) is 5.80. The molecule has 0 saturated carbocycles. The second-order valence-electron chi connectivity index (χ2n) is 4.65. The van der Waals surface area contributed by atoms with Crippen molar-refractivity contribution in [3.8, 4) is 0 Å². The molecule has 1 heterocycles. The van der Waals surface area contributed by atoms with E-state index in [9.17, 15) is 0 Å². The SMILES string of the molecule is CNC(CC(C)C)C1CSCCN1C. The van der Waals surface area contributed by atoms with E-state index < -0.39 is 0 Å². The van der Waals surface area contributed by atoms with E-state index in [0.29, 0.717) is 6.04 Å². The third kappa shape index (κ3) is 3.44. The van der Waals surface area contributed by atoms with E-state index in [1.54, 1.807) is 0 Å². The highest BCUT2D eigenvalue weighted by Crippen LogP contribution is 2.20. The quantitative estimate of drug-likeness (QED) is 0.769. The van der Waals surface area contributed by atoms with E-state index in [0.717, 1.165) is 12.0 Å². The second kappa shape index (κ2) is 5.99. The summed E-state index contributed by atoms with van der Waals surface area (Å²) in [6.07, 6.45) is 1.28. The summed E-state index contributed by atoms with van der Waals surface area (Å²) in [5.41, 5.74) is 0. The maximum Gasteiger partial charge on any atom is 0.0337 e. The van der Waals surface area contributed by atoms with Gasteiger partial charge in [0.2, 0.25) is 0 Å². The van der Waals surface area contributed by atoms with Gasteiger partial charge < -0.3 is 10.2 Å². The summed E-state index contributed by atoms with van der Waals surface area (Å²) in [6.45, 7) is 5.85. The first-order valence-corrected chi connectivity index (χ1v) is 6.76. The first kappa shape index (κ1) is 12.3. The maximum atomic E-state index is 3.48. The standard InChI is InChI=1S/C11H24N2S/c1-9(2)7-10(12-3)11-8-14-6-5-13(11)4/h9-12H,5-8H2,1-4H3. The molecule has 0 amide bonds. The van der Waals surface area contributed by atoms with Crippen LogP contribution >= 0.6 is 11.8 Å². The normalized spacial score (nSPS) is 26.8. The largest absolute Gasteiger partial charge is 0.315 e. The highest BCUT2D eigenvalue weighted by Gasteiger charge is 2.27. The van der Waals surface area contributed by atoms with Gasteiger partial charge in [-0.1, -0.05) is 13.8 Å². The van der Waals surface area contributed by atoms with E-state index in [1.165, 1.54) is 24.5 Å². The van der Waals surface area contributed by atoms with Crippen LogP contribution in [0.25, 0.3) is 0 Å². The molecular formula is C11H24N2S. The van der Waals surface area contributed by atoms with Crippen LogP contribution in [0.4, 0.5) is 0 Å². The van der Waals surface area contributed by atoms with Gasteiger partial charge in [-0.05, 0) is 26.4 Å². The van der Waals surface area contributed by atoms with Crippen LogP contribution in [0.3, 0.4) is 0 Å². The Hall–Kier alpha value is 0.270. The van der Waals surface area contributed by atoms with Gasteiger partial charge in [-0.15, -0.1) is 0 Å². The van der Waals surface area contributed by atoms with Gasteiger partial charge in [0.15, 0.2) is 0 Å². The molecule has 3 heteroatoms. The number of hydrogen-bond donors (Lipinski definition) is 1. The monoisotopic (exact) mass is 216 g/mol. The van der Waals surface area contributed by atoms with Crippen molar-refractivity contribution in [2.24, 2.45) is 5.92 Å². The van der Waals surface area contributed by atoms with Gasteiger partial charge in [-0.2, -0.15) is 11.8 Å². The van der Waals surface area contributed by atoms with E-state index in [-0.39, 0.29) is 0 Å². The molecule has 0 aromatic carbocycles. The number of hydrogen-bond acceptors (Lipinski definition) is 3. The molecule has 1 saturated heterocycles. The predicted molar refractivity (Wildman–Crippen MR) is 66.0 cm³/mol. The van der Waals surface area contributed by atoms with Crippen molar-refractivity contribution in [1.82, 2.24) is 10.2 Å². The average molecular weight is 216 g/mol. The van der Waals surface area contributed by atoms with Crippen LogP contribution in [-0.2, 0) is 0 Å². The summed E-state index contributed by atoms with van der Waals surface area (Å²) < 4.78 is 0. The van der Waals surface area contributed by atoms with Crippen molar-refractivity contribution < 1.29 is 0 Å². The van der Waals surface area contributed by atoms with Crippen LogP contribution in [0.15, 0.2) is 0 Å². The third-order valence-corrected chi connectivity index (χ3v) is 4.05. The predicted octanol–water partition coefficient (Wildman–Crippen LogP) is 1.67. The Kier molecular flexibility index (Phi) is 5.28. The van der Waals surface area contributed by atoms with Crippen molar-refractivity contribution in [2.45, 2.75) is 32.4 Å². The molecule has 14 heavy (non-hydrogen) atoms. The number of likely N-dealkylation sites (N-methyl/N-ethyl adjacent to an activating group) is 2. The lowest BCUT2D eigenvalue weighted by Crippen LogP contribution is -2.52. The summed E-state index contributed by atoms with van der Waals surface area (Å²) in [5, 5.41) is 3.48. The van der Waals surface area contributed by atoms with Crippen LogP contribution in [0, 0.1) is 5.92 Å². The summed E-state index contributed by atoms with van der Waals surface area (Å²) in [5.74, 6) is 3.37. The lowest BCUT2D eigenvalue weighted by atomic mass is 9.97. The molecular weight excluding hydrogens is 192 g/mol. The fraction of sp³-hybridized carbons (Fsp3) is 1.00. The van der Waals surface area contributed by atoms with Crippen LogP contribution in [0.1, 0.15) is 20.3 Å². The Labute approximate surface area is 92.8 Å². The molecule has 1 aliphatic heterocycles. The number of nitrogens with one attached hydrogen (secondary N) is 1. The Bertz CT molecular complexity index is 161. The Balaban J connectivity index is 2.48. The molecule has 2 unspecified atom stereocenters. The summed E-state index contributed by atoms with van der Waals surface area (Å²) >= 11 is 2.10. The third-order valence-electron chi connectivity index (χ3n) is 3.00. The van der Waals surface area contributed by atoms with Crippen molar-refractivity contribution in [3.63, 3.8) is 0 Å². The summed E-state index contributed by atoms with van der Waals surface area (Å²) in [4.78, 5) is 2.51. The topological polar surface area (TPSA) is 15.3 Å². The zero-order valence-electron chi connectivity index (χ0n) is 9.92. The highest BCUT2D eigenvalue weighted by atomic mass is 32.2. The maximum absolute atomic E-state index is 3.48. The molecule has 0 radical (unpaired) electrons. The summed E-state index contributed by atoms with van der Waals surface area (Å²) in [6, 6.07) is 1.38. The van der Waals surface area contributed by atoms with Gasteiger partial charge in [-0.25, -0.2) is 0 Å². The van der Waals surface area contributed by atoms with E-state index in [1.807, 2.05) is 0 Å². The van der Waals surface area contributed by atoms with Crippen LogP contribution in [0.2, 0.25) is 0 Å². The number of rotatable bonds is 4. The molecule has 1 rings (SSSR count). The zero-order valence-corrected chi connectivity index (χ0v) is 10.7. The average Bonchev–Trinajstić information content (AvgIpc) is 2.15. The molecule has 2 atom stereocenters. The van der Waals surface area contributed by atoms with Gasteiger partial charge in [0, 0.05) is 30.1 Å². The molecule has 1 fully saturated rings. The van der Waals surface area contributed by atoms with E-state index >= 15 is 0 Å². The van der Waals surface area contributed by atoms with Gasteiger partial charge >= 0.3 is 0 Å². The van der Waals surface area contributed by atoms with E-state index in [4.69, 9.17) is 0 Å². The van der Waals surface area contributed by atoms with Crippen LogP contribution in [0.5, 0.6) is 0 Å². The summed E-state index contributed by atoms with van der Waals surface area (Å²) in [7, 11) is 4.36. The molecule has 0 spiro atoms. The molecule has 0 bridgehead atoms. The van der Waals surface area contributed by atoms with Crippen molar-refractivity contribution >= 4 is 11.8 Å². The van der Waals surface area contributed by atoms with Crippen LogP contribution < -0.4 is 5.32 Å². The van der Waals surface area contributed by atoms with E-state index in [2.05, 4.69) is 49.9 Å². The lowest BCUT2D eigenvalue weighted by molar-refractivity contribution is 0.204. The zero-order chi connectivity index (χ0) is 10.6. The van der Waals surface area contributed by atoms with Crippen LogP contribution in [-0.4, -0.2) is 49.1 Å². The molecule has 0 aromatic rings. The van der Waals surface area contributed by atoms with Gasteiger partial charge in [-0.3, -0.25) is 0 Å². The first-order chi connectivity index (χ1) is 6.65. The van der Waals surface area contributed by atoms with Gasteiger partial charge in [0.25, 0.3) is 0 Å². The van der Waals surface area contributed by atoms with Crippen molar-refractivity contribution in [1.29, 1.82) is 0 Å². The molecule has 0 aromatic heterocycles. The lowest BCUT2D eigenvalue weighted by Gasteiger charge is -2.38. The minimum Gasteiger partial charge on any atom is -0.315 e. The molecule has 0 aliphatic carbocycles. The number of nitrogens with zero attached hydrogens (tertiary/aromatic N) is 1. The molecule has 2 nitrogen and oxygen atoms in total. The van der Waals surface area contributed by atoms with Gasteiger partial charge in [0.1, 0.15) is 0 Å². The Morgan fingerprint density at radius 1 is 1.50 bits per heavy atom. The van der Waals surface area contributed by atoms with Gasteiger partial charge in [0.05, 0.1) is 0 Å². The minimum absolute atomic E-state index is 0.660. The molecule has 1 aliphatic rings. The molecule has 84 valence electrons. The smallest absolute Gasteiger partial charge is 0.0337 e. The first-order valence-electron chi connectivity index (χ1n) is 5.60. The fourth-order valence-electron chi connectivity index (χ4n) is 2.10. The molecule has 1 N–H and O–H groups in total. The Morgan fingerprint density at radius 3 is 2.71 bits per heavy atom. The fourth-order valence-corrected chi connectivity index (χ4v) is 3.42. The van der Waals surface area contributed by atoms with Crippen molar-refractivity contribution in [2.75, 3.05) is 32.1 Å². The Morgan fingerprint density at radius 2 is 2.21 bits per heavy atom. The number of thioether (sulfide) groups is 1. The highest BCUT2D eigenvalue weighted by molar-refractivity contribution is 7.99. The minimum atomic E-state index is 0.660. The van der Waals surface area contributed by atoms with Crippen molar-refractivity contribution in [3.05, 3.63) is 0 Å².